The van der Waals surface area contributed by atoms with Gasteiger partial charge in [-0.25, -0.2) is 4.39 Å². The fraction of sp³-hybridized carbons (Fsp3) is 0.118. The van der Waals surface area contributed by atoms with Gasteiger partial charge in [0.1, 0.15) is 5.82 Å². The molecule has 0 fully saturated rings. The molecular weight excluding hydrogens is 337 g/mol. The van der Waals surface area contributed by atoms with Gasteiger partial charge < -0.3 is 9.32 Å². The van der Waals surface area contributed by atoms with Crippen molar-refractivity contribution >= 4 is 28.8 Å². The largest absolute Gasteiger partial charge is 0.472 e. The summed E-state index contributed by atoms with van der Waals surface area (Å²) in [6, 6.07) is 9.51. The lowest BCUT2D eigenvalue weighted by atomic mass is 10.1. The van der Waals surface area contributed by atoms with Gasteiger partial charge in [-0.05, 0) is 35.7 Å². The Morgan fingerprint density at radius 3 is 2.78 bits per heavy atom. The molecule has 0 aliphatic rings. The second-order valence-corrected chi connectivity index (χ2v) is 6.44. The van der Waals surface area contributed by atoms with Gasteiger partial charge in [0.2, 0.25) is 0 Å². The summed E-state index contributed by atoms with van der Waals surface area (Å²) >= 11 is 7.60. The Labute approximate surface area is 141 Å². The van der Waals surface area contributed by atoms with Crippen molar-refractivity contribution in [3.05, 3.63) is 81.1 Å². The number of carbonyl (C=O) groups excluding carboxylic acids is 1. The normalized spacial score (nSPS) is 10.7. The van der Waals surface area contributed by atoms with Gasteiger partial charge in [0, 0.05) is 17.0 Å². The van der Waals surface area contributed by atoms with Crippen molar-refractivity contribution in [3.8, 4) is 0 Å². The molecule has 118 valence electrons. The molecule has 3 nitrogen and oxygen atoms in total. The summed E-state index contributed by atoms with van der Waals surface area (Å²) < 4.78 is 18.3. The van der Waals surface area contributed by atoms with Crippen molar-refractivity contribution in [1.82, 2.24) is 4.90 Å². The number of furan rings is 1. The Kier molecular flexibility index (Phi) is 4.79. The van der Waals surface area contributed by atoms with E-state index in [4.69, 9.17) is 16.0 Å². The first-order valence-electron chi connectivity index (χ1n) is 6.91. The third kappa shape index (κ3) is 3.81. The molecule has 2 aromatic heterocycles. The van der Waals surface area contributed by atoms with Crippen LogP contribution < -0.4 is 0 Å². The van der Waals surface area contributed by atoms with E-state index in [9.17, 15) is 9.18 Å². The fourth-order valence-electron chi connectivity index (χ4n) is 2.23. The van der Waals surface area contributed by atoms with Crippen LogP contribution in [0.15, 0.2) is 58.7 Å². The van der Waals surface area contributed by atoms with Gasteiger partial charge in [-0.3, -0.25) is 4.79 Å². The highest BCUT2D eigenvalue weighted by molar-refractivity contribution is 7.09. The van der Waals surface area contributed by atoms with Crippen LogP contribution in [0.3, 0.4) is 0 Å². The first-order valence-corrected chi connectivity index (χ1v) is 8.17. The quantitative estimate of drug-likeness (QED) is 0.651. The second-order valence-electron chi connectivity index (χ2n) is 5.00. The van der Waals surface area contributed by atoms with Gasteiger partial charge in [-0.2, -0.15) is 0 Å². The van der Waals surface area contributed by atoms with Crippen molar-refractivity contribution in [2.75, 3.05) is 0 Å². The number of benzene rings is 1. The Hall–Kier alpha value is -2.11. The van der Waals surface area contributed by atoms with E-state index in [1.165, 1.54) is 12.1 Å². The highest BCUT2D eigenvalue weighted by Crippen LogP contribution is 2.22. The number of carbonyl (C=O) groups is 1. The smallest absolute Gasteiger partial charge is 0.256 e. The van der Waals surface area contributed by atoms with E-state index < -0.39 is 5.82 Å². The molecule has 0 radical (unpaired) electrons. The number of thiophene rings is 1. The Bertz CT molecular complexity index is 751. The molecule has 1 aromatic carbocycles. The zero-order valence-corrected chi connectivity index (χ0v) is 13.6. The van der Waals surface area contributed by atoms with E-state index in [1.54, 1.807) is 34.8 Å². The zero-order chi connectivity index (χ0) is 16.2. The van der Waals surface area contributed by atoms with Gasteiger partial charge in [0.15, 0.2) is 0 Å². The van der Waals surface area contributed by atoms with Gasteiger partial charge in [-0.1, -0.05) is 17.7 Å². The molecule has 2 heterocycles. The predicted molar refractivity (Wildman–Crippen MR) is 88.0 cm³/mol. The minimum absolute atomic E-state index is 0.110. The maximum atomic E-state index is 13.2. The average molecular weight is 350 g/mol. The number of halogens is 2. The van der Waals surface area contributed by atoms with E-state index in [2.05, 4.69) is 0 Å². The molecule has 23 heavy (non-hydrogen) atoms. The first-order chi connectivity index (χ1) is 11.1. The highest BCUT2D eigenvalue weighted by atomic mass is 35.5. The number of hydrogen-bond acceptors (Lipinski definition) is 3. The van der Waals surface area contributed by atoms with E-state index in [0.29, 0.717) is 13.1 Å². The van der Waals surface area contributed by atoms with Crippen LogP contribution in [0, 0.1) is 5.82 Å². The number of hydrogen-bond donors (Lipinski definition) is 0. The van der Waals surface area contributed by atoms with Crippen LogP contribution in [0.5, 0.6) is 0 Å². The third-order valence-electron chi connectivity index (χ3n) is 3.33. The molecule has 0 atom stereocenters. The Balaban J connectivity index is 1.88. The maximum absolute atomic E-state index is 13.2. The summed E-state index contributed by atoms with van der Waals surface area (Å²) in [5.41, 5.74) is 1.17. The standard InChI is InChI=1S/C17H13ClFNO2S/c18-16-8-13(19)3-4-15(16)17(21)20(9-12-5-6-22-11-12)10-14-2-1-7-23-14/h1-8,11H,9-10H2. The summed E-state index contributed by atoms with van der Waals surface area (Å²) in [4.78, 5) is 15.5. The molecule has 0 saturated carbocycles. The summed E-state index contributed by atoms with van der Waals surface area (Å²) in [5, 5.41) is 2.07. The second kappa shape index (κ2) is 6.98. The molecule has 3 aromatic rings. The molecule has 6 heteroatoms. The molecule has 0 saturated heterocycles. The first kappa shape index (κ1) is 15.8. The van der Waals surface area contributed by atoms with Crippen LogP contribution in [0.1, 0.15) is 20.8 Å². The lowest BCUT2D eigenvalue weighted by molar-refractivity contribution is 0.0731. The van der Waals surface area contributed by atoms with Crippen LogP contribution in [-0.4, -0.2) is 10.8 Å². The SMILES string of the molecule is O=C(c1ccc(F)cc1Cl)N(Cc1ccoc1)Cc1cccs1. The number of amides is 1. The molecular formula is C17H13ClFNO2S. The topological polar surface area (TPSA) is 33.5 Å². The van der Waals surface area contributed by atoms with Crippen LogP contribution in [0.4, 0.5) is 4.39 Å². The summed E-state index contributed by atoms with van der Waals surface area (Å²) in [6.45, 7) is 0.844. The highest BCUT2D eigenvalue weighted by Gasteiger charge is 2.20. The van der Waals surface area contributed by atoms with Gasteiger partial charge >= 0.3 is 0 Å². The maximum Gasteiger partial charge on any atom is 0.256 e. The van der Waals surface area contributed by atoms with Crippen LogP contribution in [0.2, 0.25) is 5.02 Å². The van der Waals surface area contributed by atoms with Gasteiger partial charge in [-0.15, -0.1) is 11.3 Å². The lowest BCUT2D eigenvalue weighted by Gasteiger charge is -2.22. The summed E-state index contributed by atoms with van der Waals surface area (Å²) in [7, 11) is 0. The van der Waals surface area contributed by atoms with E-state index in [0.717, 1.165) is 16.5 Å². The molecule has 0 N–H and O–H groups in total. The monoisotopic (exact) mass is 349 g/mol. The summed E-state index contributed by atoms with van der Waals surface area (Å²) in [5.74, 6) is -0.712. The minimum atomic E-state index is -0.466. The fourth-order valence-corrected chi connectivity index (χ4v) is 3.19. The van der Waals surface area contributed by atoms with Crippen molar-refractivity contribution in [2.24, 2.45) is 0 Å². The van der Waals surface area contributed by atoms with Crippen LogP contribution in [0.25, 0.3) is 0 Å². The molecule has 0 aliphatic carbocycles. The number of rotatable bonds is 5. The predicted octanol–water partition coefficient (Wildman–Crippen LogP) is 4.98. The zero-order valence-electron chi connectivity index (χ0n) is 12.0. The van der Waals surface area contributed by atoms with Gasteiger partial charge in [0.05, 0.1) is 29.7 Å². The summed E-state index contributed by atoms with van der Waals surface area (Å²) in [6.07, 6.45) is 3.16. The van der Waals surface area contributed by atoms with Gasteiger partial charge in [0.25, 0.3) is 5.91 Å². The molecule has 3 rings (SSSR count). The van der Waals surface area contributed by atoms with Crippen molar-refractivity contribution < 1.29 is 13.6 Å². The third-order valence-corrected chi connectivity index (χ3v) is 4.50. The van der Waals surface area contributed by atoms with Crippen molar-refractivity contribution in [2.45, 2.75) is 13.1 Å². The molecule has 0 unspecified atom stereocenters. The molecule has 0 aliphatic heterocycles. The number of nitrogens with zero attached hydrogens (tertiary/aromatic N) is 1. The van der Waals surface area contributed by atoms with E-state index in [-0.39, 0.29) is 16.5 Å². The van der Waals surface area contributed by atoms with Crippen molar-refractivity contribution in [1.29, 1.82) is 0 Å². The molecule has 0 spiro atoms. The minimum Gasteiger partial charge on any atom is -0.472 e. The van der Waals surface area contributed by atoms with E-state index in [1.807, 2.05) is 17.5 Å². The van der Waals surface area contributed by atoms with Crippen molar-refractivity contribution in [3.63, 3.8) is 0 Å². The molecule has 1 amide bonds. The Morgan fingerprint density at radius 1 is 1.26 bits per heavy atom. The Morgan fingerprint density at radius 2 is 2.13 bits per heavy atom. The lowest BCUT2D eigenvalue weighted by Crippen LogP contribution is -2.30. The molecule has 0 bridgehead atoms. The average Bonchev–Trinajstić information content (AvgIpc) is 3.19. The van der Waals surface area contributed by atoms with E-state index >= 15 is 0 Å². The van der Waals surface area contributed by atoms with Crippen LogP contribution in [-0.2, 0) is 13.1 Å². The van der Waals surface area contributed by atoms with Crippen LogP contribution >= 0.6 is 22.9 Å².